The van der Waals surface area contributed by atoms with Gasteiger partial charge in [0.25, 0.3) is 0 Å². The topological polar surface area (TPSA) is 23.8 Å². The van der Waals surface area contributed by atoms with Crippen molar-refractivity contribution in [3.63, 3.8) is 0 Å². The molecule has 0 unspecified atom stereocenters. The van der Waals surface area contributed by atoms with Crippen molar-refractivity contribution in [2.45, 2.75) is 33.1 Å². The first-order chi connectivity index (χ1) is 7.15. The molecule has 0 spiro atoms. The van der Waals surface area contributed by atoms with Gasteiger partial charge in [0.2, 0.25) is 0 Å². The van der Waals surface area contributed by atoms with Crippen LogP contribution in [-0.4, -0.2) is 0 Å². The van der Waals surface area contributed by atoms with Crippen molar-refractivity contribution >= 4 is 11.6 Å². The predicted octanol–water partition coefficient (Wildman–Crippen LogP) is 4.21. The molecule has 0 bridgehead atoms. The summed E-state index contributed by atoms with van der Waals surface area (Å²) >= 11 is 5.82. The summed E-state index contributed by atoms with van der Waals surface area (Å²) in [6.07, 6.45) is 2.60. The number of nitrogens with zero attached hydrogens (tertiary/aromatic N) is 1. The minimum atomic E-state index is -0.214. The molecule has 0 aliphatic rings. The van der Waals surface area contributed by atoms with Gasteiger partial charge in [0.05, 0.1) is 11.5 Å². The van der Waals surface area contributed by atoms with E-state index in [-0.39, 0.29) is 5.41 Å². The van der Waals surface area contributed by atoms with Gasteiger partial charge in [0.15, 0.2) is 0 Å². The molecule has 0 atom stereocenters. The zero-order valence-corrected chi connectivity index (χ0v) is 10.0. The zero-order chi connectivity index (χ0) is 11.3. The molecule has 1 aromatic rings. The molecule has 0 radical (unpaired) electrons. The van der Waals surface area contributed by atoms with Crippen LogP contribution in [0.4, 0.5) is 0 Å². The van der Waals surface area contributed by atoms with Crippen LogP contribution in [0.5, 0.6) is 0 Å². The predicted molar refractivity (Wildman–Crippen MR) is 63.8 cm³/mol. The molecule has 1 rings (SSSR count). The van der Waals surface area contributed by atoms with E-state index >= 15 is 0 Å². The van der Waals surface area contributed by atoms with Crippen molar-refractivity contribution < 1.29 is 0 Å². The molecule has 0 aromatic heterocycles. The normalized spacial score (nSPS) is 11.1. The summed E-state index contributed by atoms with van der Waals surface area (Å²) in [5.74, 6) is 0. The summed E-state index contributed by atoms with van der Waals surface area (Å²) in [4.78, 5) is 0. The second-order valence-electron chi connectivity index (χ2n) is 3.90. The van der Waals surface area contributed by atoms with Gasteiger partial charge in [-0.05, 0) is 37.0 Å². The standard InChI is InChI=1S/C13H16ClN/c1-3-13(4-2,10-15)9-11-5-7-12(14)8-6-11/h5-8H,3-4,9H2,1-2H3. The van der Waals surface area contributed by atoms with Crippen LogP contribution in [0.15, 0.2) is 24.3 Å². The Morgan fingerprint density at radius 1 is 1.20 bits per heavy atom. The van der Waals surface area contributed by atoms with Gasteiger partial charge in [0.1, 0.15) is 0 Å². The lowest BCUT2D eigenvalue weighted by molar-refractivity contribution is 0.363. The third-order valence-electron chi connectivity index (χ3n) is 3.05. The van der Waals surface area contributed by atoms with E-state index in [0.717, 1.165) is 24.3 Å². The Kier molecular flexibility index (Phi) is 4.17. The summed E-state index contributed by atoms with van der Waals surface area (Å²) in [5.41, 5.74) is 0.970. The second-order valence-corrected chi connectivity index (χ2v) is 4.34. The lowest BCUT2D eigenvalue weighted by Crippen LogP contribution is -2.19. The molecule has 15 heavy (non-hydrogen) atoms. The van der Waals surface area contributed by atoms with Crippen LogP contribution in [0.3, 0.4) is 0 Å². The van der Waals surface area contributed by atoms with Crippen LogP contribution in [0.25, 0.3) is 0 Å². The molecular weight excluding hydrogens is 206 g/mol. The summed E-state index contributed by atoms with van der Waals surface area (Å²) in [7, 11) is 0. The van der Waals surface area contributed by atoms with Crippen molar-refractivity contribution in [3.8, 4) is 6.07 Å². The van der Waals surface area contributed by atoms with Crippen molar-refractivity contribution in [3.05, 3.63) is 34.9 Å². The fourth-order valence-corrected chi connectivity index (χ4v) is 1.82. The van der Waals surface area contributed by atoms with Crippen molar-refractivity contribution in [1.29, 1.82) is 5.26 Å². The Hall–Kier alpha value is -1.00. The zero-order valence-electron chi connectivity index (χ0n) is 9.26. The van der Waals surface area contributed by atoms with Gasteiger partial charge in [-0.25, -0.2) is 0 Å². The van der Waals surface area contributed by atoms with E-state index in [4.69, 9.17) is 11.6 Å². The van der Waals surface area contributed by atoms with Crippen molar-refractivity contribution in [2.75, 3.05) is 0 Å². The minimum Gasteiger partial charge on any atom is -0.198 e. The molecule has 0 N–H and O–H groups in total. The van der Waals surface area contributed by atoms with E-state index in [2.05, 4.69) is 19.9 Å². The molecule has 0 saturated heterocycles. The number of hydrogen-bond donors (Lipinski definition) is 0. The Labute approximate surface area is 96.7 Å². The first-order valence-corrected chi connectivity index (χ1v) is 5.69. The summed E-state index contributed by atoms with van der Waals surface area (Å²) in [6, 6.07) is 10.2. The monoisotopic (exact) mass is 221 g/mol. The maximum atomic E-state index is 9.22. The van der Waals surface area contributed by atoms with Crippen LogP contribution >= 0.6 is 11.6 Å². The van der Waals surface area contributed by atoms with Crippen molar-refractivity contribution in [1.82, 2.24) is 0 Å². The lowest BCUT2D eigenvalue weighted by atomic mass is 9.78. The Balaban J connectivity index is 2.84. The second kappa shape index (κ2) is 5.19. The van der Waals surface area contributed by atoms with E-state index in [9.17, 15) is 5.26 Å². The van der Waals surface area contributed by atoms with Crippen LogP contribution in [0.2, 0.25) is 5.02 Å². The Morgan fingerprint density at radius 3 is 2.13 bits per heavy atom. The summed E-state index contributed by atoms with van der Waals surface area (Å²) in [6.45, 7) is 4.14. The van der Waals surface area contributed by atoms with Gasteiger partial charge < -0.3 is 0 Å². The van der Waals surface area contributed by atoms with E-state index < -0.39 is 0 Å². The van der Waals surface area contributed by atoms with Crippen molar-refractivity contribution in [2.24, 2.45) is 5.41 Å². The first-order valence-electron chi connectivity index (χ1n) is 5.31. The molecule has 0 aliphatic heterocycles. The number of nitriles is 1. The molecule has 1 aromatic carbocycles. The maximum Gasteiger partial charge on any atom is 0.0693 e. The van der Waals surface area contributed by atoms with Gasteiger partial charge >= 0.3 is 0 Å². The van der Waals surface area contributed by atoms with Gasteiger partial charge in [-0.15, -0.1) is 0 Å². The van der Waals surface area contributed by atoms with Gasteiger partial charge in [0, 0.05) is 5.02 Å². The fraction of sp³-hybridized carbons (Fsp3) is 0.462. The van der Waals surface area contributed by atoms with Crippen LogP contribution in [-0.2, 0) is 6.42 Å². The lowest BCUT2D eigenvalue weighted by Gasteiger charge is -2.23. The number of halogens is 1. The number of benzene rings is 1. The molecule has 0 heterocycles. The van der Waals surface area contributed by atoms with E-state index in [1.165, 1.54) is 5.56 Å². The average molecular weight is 222 g/mol. The molecule has 0 amide bonds. The van der Waals surface area contributed by atoms with Gasteiger partial charge in [-0.1, -0.05) is 37.6 Å². The largest absolute Gasteiger partial charge is 0.198 e. The minimum absolute atomic E-state index is 0.214. The highest BCUT2D eigenvalue weighted by Crippen LogP contribution is 2.30. The molecule has 1 nitrogen and oxygen atoms in total. The highest BCUT2D eigenvalue weighted by Gasteiger charge is 2.25. The molecular formula is C13H16ClN. The Morgan fingerprint density at radius 2 is 1.73 bits per heavy atom. The quantitative estimate of drug-likeness (QED) is 0.747. The van der Waals surface area contributed by atoms with Crippen LogP contribution < -0.4 is 0 Å². The number of rotatable bonds is 4. The van der Waals surface area contributed by atoms with E-state index in [1.807, 2.05) is 24.3 Å². The molecule has 0 saturated carbocycles. The van der Waals surface area contributed by atoms with E-state index in [0.29, 0.717) is 0 Å². The third kappa shape index (κ3) is 2.97. The van der Waals surface area contributed by atoms with Crippen LogP contribution in [0, 0.1) is 16.7 Å². The third-order valence-corrected chi connectivity index (χ3v) is 3.30. The van der Waals surface area contributed by atoms with Gasteiger partial charge in [-0.2, -0.15) is 5.26 Å². The summed E-state index contributed by atoms with van der Waals surface area (Å²) < 4.78 is 0. The molecule has 0 aliphatic carbocycles. The molecule has 80 valence electrons. The number of hydrogen-bond acceptors (Lipinski definition) is 1. The highest BCUT2D eigenvalue weighted by atomic mass is 35.5. The van der Waals surface area contributed by atoms with Crippen LogP contribution in [0.1, 0.15) is 32.3 Å². The smallest absolute Gasteiger partial charge is 0.0693 e. The SMILES string of the molecule is CCC(C#N)(CC)Cc1ccc(Cl)cc1. The van der Waals surface area contributed by atoms with Gasteiger partial charge in [-0.3, -0.25) is 0 Å². The maximum absolute atomic E-state index is 9.22. The first kappa shape index (κ1) is 12.1. The molecule has 0 fully saturated rings. The summed E-state index contributed by atoms with van der Waals surface area (Å²) in [5, 5.41) is 9.96. The highest BCUT2D eigenvalue weighted by molar-refractivity contribution is 6.30. The fourth-order valence-electron chi connectivity index (χ4n) is 1.69. The average Bonchev–Trinajstić information content (AvgIpc) is 2.29. The molecule has 2 heteroatoms. The van der Waals surface area contributed by atoms with E-state index in [1.54, 1.807) is 0 Å². The Bertz CT molecular complexity index is 344.